The summed E-state index contributed by atoms with van der Waals surface area (Å²) in [6.45, 7) is 10.5. The van der Waals surface area contributed by atoms with E-state index in [2.05, 4.69) is 43.0 Å². The number of likely N-dealkylation sites (N-methyl/N-ethyl adjacent to an activating group) is 1. The zero-order valence-electron chi connectivity index (χ0n) is 10.8. The Morgan fingerprint density at radius 3 is 2.38 bits per heavy atom. The van der Waals surface area contributed by atoms with Gasteiger partial charge in [0, 0.05) is 13.1 Å². The van der Waals surface area contributed by atoms with E-state index in [1.807, 2.05) is 13.8 Å². The first-order valence-electron chi connectivity index (χ1n) is 5.91. The van der Waals surface area contributed by atoms with Gasteiger partial charge >= 0.3 is 0 Å². The van der Waals surface area contributed by atoms with Crippen molar-refractivity contribution in [2.75, 3.05) is 13.1 Å². The van der Waals surface area contributed by atoms with Crippen molar-refractivity contribution in [2.45, 2.75) is 39.8 Å². The van der Waals surface area contributed by atoms with E-state index in [-0.39, 0.29) is 0 Å². The van der Waals surface area contributed by atoms with Crippen molar-refractivity contribution in [3.8, 4) is 0 Å². The molecule has 0 atom stereocenters. The average Bonchev–Trinajstić information content (AvgIpc) is 2.18. The van der Waals surface area contributed by atoms with Gasteiger partial charge in [0.2, 0.25) is 0 Å². The lowest BCUT2D eigenvalue weighted by atomic mass is 10.1. The van der Waals surface area contributed by atoms with Crippen molar-refractivity contribution < 1.29 is 5.11 Å². The molecule has 0 fully saturated rings. The minimum atomic E-state index is -0.626. The lowest BCUT2D eigenvalue weighted by molar-refractivity contribution is 0.0353. The molecule has 0 heterocycles. The summed E-state index contributed by atoms with van der Waals surface area (Å²) in [5.41, 5.74) is 2.03. The summed E-state index contributed by atoms with van der Waals surface area (Å²) in [5.74, 6) is 0. The summed E-state index contributed by atoms with van der Waals surface area (Å²) < 4.78 is 0. The maximum absolute atomic E-state index is 9.82. The second-order valence-corrected chi connectivity index (χ2v) is 5.04. The van der Waals surface area contributed by atoms with Crippen LogP contribution >= 0.6 is 0 Å². The van der Waals surface area contributed by atoms with Crippen molar-refractivity contribution in [2.24, 2.45) is 0 Å². The minimum Gasteiger partial charge on any atom is -0.389 e. The summed E-state index contributed by atoms with van der Waals surface area (Å²) in [7, 11) is 0. The van der Waals surface area contributed by atoms with Crippen LogP contribution in [-0.4, -0.2) is 28.7 Å². The largest absolute Gasteiger partial charge is 0.389 e. The van der Waals surface area contributed by atoms with E-state index in [4.69, 9.17) is 0 Å². The van der Waals surface area contributed by atoms with Crippen molar-refractivity contribution in [1.82, 2.24) is 4.90 Å². The van der Waals surface area contributed by atoms with Gasteiger partial charge in [-0.1, -0.05) is 31.2 Å². The van der Waals surface area contributed by atoms with Crippen LogP contribution in [0.4, 0.5) is 0 Å². The van der Waals surface area contributed by atoms with Gasteiger partial charge in [-0.3, -0.25) is 4.90 Å². The molecule has 2 nitrogen and oxygen atoms in total. The standard InChI is InChI=1S/C14H23NO/c1-5-15(11-14(3,4)16)10-13-9-7-6-8-12(13)2/h6-9,16H,5,10-11H2,1-4H3. The molecule has 0 saturated heterocycles. The molecule has 2 heteroatoms. The number of aryl methyl sites for hydroxylation is 1. The Balaban J connectivity index is 2.67. The Morgan fingerprint density at radius 2 is 1.88 bits per heavy atom. The van der Waals surface area contributed by atoms with Gasteiger partial charge in [-0.2, -0.15) is 0 Å². The van der Waals surface area contributed by atoms with Gasteiger partial charge in [-0.15, -0.1) is 0 Å². The highest BCUT2D eigenvalue weighted by atomic mass is 16.3. The first-order valence-corrected chi connectivity index (χ1v) is 5.91. The van der Waals surface area contributed by atoms with Crippen LogP contribution in [0.25, 0.3) is 0 Å². The molecule has 0 radical (unpaired) electrons. The molecule has 1 rings (SSSR count). The number of hydrogen-bond donors (Lipinski definition) is 1. The van der Waals surface area contributed by atoms with E-state index in [9.17, 15) is 5.11 Å². The van der Waals surface area contributed by atoms with Crippen LogP contribution < -0.4 is 0 Å². The molecule has 0 spiro atoms. The Kier molecular flexibility index (Phi) is 4.51. The third-order valence-corrected chi connectivity index (χ3v) is 2.71. The molecule has 0 bridgehead atoms. The number of hydrogen-bond acceptors (Lipinski definition) is 2. The van der Waals surface area contributed by atoms with E-state index in [1.54, 1.807) is 0 Å². The van der Waals surface area contributed by atoms with Gasteiger partial charge in [-0.05, 0) is 38.4 Å². The summed E-state index contributed by atoms with van der Waals surface area (Å²) >= 11 is 0. The Bertz CT molecular complexity index is 328. The van der Waals surface area contributed by atoms with Crippen molar-refractivity contribution in [1.29, 1.82) is 0 Å². The number of rotatable bonds is 5. The molecule has 1 aromatic carbocycles. The lowest BCUT2D eigenvalue weighted by Gasteiger charge is -2.28. The third-order valence-electron chi connectivity index (χ3n) is 2.71. The molecule has 16 heavy (non-hydrogen) atoms. The van der Waals surface area contributed by atoms with Crippen molar-refractivity contribution >= 4 is 0 Å². The monoisotopic (exact) mass is 221 g/mol. The molecule has 0 aliphatic carbocycles. The van der Waals surface area contributed by atoms with Gasteiger partial charge in [0.1, 0.15) is 0 Å². The maximum atomic E-state index is 9.82. The topological polar surface area (TPSA) is 23.5 Å². The summed E-state index contributed by atoms with van der Waals surface area (Å²) in [4.78, 5) is 2.27. The van der Waals surface area contributed by atoms with Gasteiger partial charge < -0.3 is 5.11 Å². The first-order chi connectivity index (χ1) is 7.42. The first kappa shape index (κ1) is 13.2. The van der Waals surface area contributed by atoms with E-state index < -0.39 is 5.60 Å². The van der Waals surface area contributed by atoms with Crippen molar-refractivity contribution in [3.05, 3.63) is 35.4 Å². The van der Waals surface area contributed by atoms with Crippen LogP contribution in [-0.2, 0) is 6.54 Å². The predicted molar refractivity (Wildman–Crippen MR) is 68.4 cm³/mol. The molecule has 0 aliphatic rings. The number of benzene rings is 1. The molecule has 1 N–H and O–H groups in total. The van der Waals surface area contributed by atoms with E-state index in [0.717, 1.165) is 13.1 Å². The summed E-state index contributed by atoms with van der Waals surface area (Å²) in [6, 6.07) is 8.42. The maximum Gasteiger partial charge on any atom is 0.0718 e. The van der Waals surface area contributed by atoms with Gasteiger partial charge in [0.15, 0.2) is 0 Å². The van der Waals surface area contributed by atoms with Crippen LogP contribution in [0.1, 0.15) is 31.9 Å². The van der Waals surface area contributed by atoms with Gasteiger partial charge in [-0.25, -0.2) is 0 Å². The fraction of sp³-hybridized carbons (Fsp3) is 0.571. The summed E-state index contributed by atoms with van der Waals surface area (Å²) in [5, 5.41) is 9.82. The second kappa shape index (κ2) is 5.46. The Morgan fingerprint density at radius 1 is 1.25 bits per heavy atom. The van der Waals surface area contributed by atoms with Gasteiger partial charge in [0.05, 0.1) is 5.60 Å². The van der Waals surface area contributed by atoms with Crippen LogP contribution in [0.3, 0.4) is 0 Å². The van der Waals surface area contributed by atoms with Crippen LogP contribution in [0.5, 0.6) is 0 Å². The third kappa shape index (κ3) is 4.33. The summed E-state index contributed by atoms with van der Waals surface area (Å²) in [6.07, 6.45) is 0. The molecule has 1 aromatic rings. The van der Waals surface area contributed by atoms with Crippen molar-refractivity contribution in [3.63, 3.8) is 0 Å². The molecule has 0 aliphatic heterocycles. The number of aliphatic hydroxyl groups is 1. The predicted octanol–water partition coefficient (Wildman–Crippen LogP) is 2.59. The normalized spacial score (nSPS) is 12.1. The van der Waals surface area contributed by atoms with E-state index >= 15 is 0 Å². The fourth-order valence-electron chi connectivity index (χ4n) is 1.86. The Hall–Kier alpha value is -0.860. The second-order valence-electron chi connectivity index (χ2n) is 5.04. The average molecular weight is 221 g/mol. The zero-order valence-corrected chi connectivity index (χ0v) is 10.8. The van der Waals surface area contributed by atoms with E-state index in [0.29, 0.717) is 6.54 Å². The molecule has 0 aromatic heterocycles. The molecular weight excluding hydrogens is 198 g/mol. The molecule has 0 unspecified atom stereocenters. The SMILES string of the molecule is CCN(Cc1ccccc1C)CC(C)(C)O. The van der Waals surface area contributed by atoms with Crippen LogP contribution in [0.2, 0.25) is 0 Å². The molecular formula is C14H23NO. The lowest BCUT2D eigenvalue weighted by Crippen LogP contribution is -2.38. The minimum absolute atomic E-state index is 0.626. The molecule has 0 amide bonds. The molecule has 90 valence electrons. The number of nitrogens with zero attached hydrogens (tertiary/aromatic N) is 1. The quantitative estimate of drug-likeness (QED) is 0.826. The highest BCUT2D eigenvalue weighted by molar-refractivity contribution is 5.25. The smallest absolute Gasteiger partial charge is 0.0718 e. The zero-order chi connectivity index (χ0) is 12.2. The highest BCUT2D eigenvalue weighted by Crippen LogP contribution is 2.13. The fourth-order valence-corrected chi connectivity index (χ4v) is 1.86. The highest BCUT2D eigenvalue weighted by Gasteiger charge is 2.17. The molecule has 0 saturated carbocycles. The Labute approximate surface area is 98.9 Å². The van der Waals surface area contributed by atoms with Crippen LogP contribution in [0.15, 0.2) is 24.3 Å². The van der Waals surface area contributed by atoms with Crippen LogP contribution in [0, 0.1) is 6.92 Å². The van der Waals surface area contributed by atoms with E-state index in [1.165, 1.54) is 11.1 Å². The van der Waals surface area contributed by atoms with Gasteiger partial charge in [0.25, 0.3) is 0 Å².